The summed E-state index contributed by atoms with van der Waals surface area (Å²) in [6, 6.07) is 22.5. The van der Waals surface area contributed by atoms with Gasteiger partial charge in [0.05, 0.1) is 12.8 Å². The van der Waals surface area contributed by atoms with E-state index >= 15 is 0 Å². The smallest absolute Gasteiger partial charge is 0.329 e. The van der Waals surface area contributed by atoms with Crippen LogP contribution in [0, 0.1) is 0 Å². The Bertz CT molecular complexity index is 1130. The zero-order valence-electron chi connectivity index (χ0n) is 18.5. The second-order valence-corrected chi connectivity index (χ2v) is 6.88. The molecule has 0 spiro atoms. The second kappa shape index (κ2) is 12.4. The maximum Gasteiger partial charge on any atom is 0.329 e. The van der Waals surface area contributed by atoms with Gasteiger partial charge < -0.3 is 20.1 Å². The number of hydrogen-bond acceptors (Lipinski definition) is 6. The molecule has 0 heterocycles. The summed E-state index contributed by atoms with van der Waals surface area (Å²) in [4.78, 5) is 35.8. The molecule has 3 N–H and O–H groups in total. The molecule has 34 heavy (non-hydrogen) atoms. The average molecular weight is 460 g/mol. The molecule has 0 aliphatic carbocycles. The molecular formula is C25H24N4O5. The molecule has 3 amide bonds. The zero-order chi connectivity index (χ0) is 24.2. The van der Waals surface area contributed by atoms with Gasteiger partial charge in [-0.3, -0.25) is 14.4 Å². The molecule has 0 saturated heterocycles. The summed E-state index contributed by atoms with van der Waals surface area (Å²) in [5, 5.41) is 8.99. The molecule has 0 fully saturated rings. The fourth-order valence-electron chi connectivity index (χ4n) is 2.72. The number of ether oxygens (including phenoxy) is 2. The van der Waals surface area contributed by atoms with E-state index in [1.165, 1.54) is 6.21 Å². The maximum absolute atomic E-state index is 12.0. The minimum Gasteiger partial charge on any atom is -0.494 e. The molecule has 174 valence electrons. The van der Waals surface area contributed by atoms with E-state index in [2.05, 4.69) is 21.2 Å². The van der Waals surface area contributed by atoms with E-state index in [4.69, 9.17) is 9.47 Å². The molecule has 3 aromatic rings. The largest absolute Gasteiger partial charge is 0.494 e. The molecule has 0 unspecified atom stereocenters. The third-order valence-electron chi connectivity index (χ3n) is 4.32. The molecular weight excluding hydrogens is 436 g/mol. The van der Waals surface area contributed by atoms with E-state index < -0.39 is 11.8 Å². The molecule has 0 aliphatic rings. The molecule has 9 heteroatoms. The third kappa shape index (κ3) is 7.79. The average Bonchev–Trinajstić information content (AvgIpc) is 2.85. The number of rotatable bonds is 9. The Hall–Kier alpha value is -4.66. The first-order valence-corrected chi connectivity index (χ1v) is 10.5. The van der Waals surface area contributed by atoms with Gasteiger partial charge in [0.1, 0.15) is 11.5 Å². The predicted molar refractivity (Wildman–Crippen MR) is 129 cm³/mol. The number of amides is 3. The molecule has 0 aromatic heterocycles. The lowest BCUT2D eigenvalue weighted by molar-refractivity contribution is -0.136. The van der Waals surface area contributed by atoms with E-state index in [0.29, 0.717) is 35.0 Å². The molecule has 0 radical (unpaired) electrons. The fraction of sp³-hybridized carbons (Fsp3) is 0.120. The molecule has 3 aromatic carbocycles. The van der Waals surface area contributed by atoms with E-state index in [1.807, 2.05) is 25.1 Å². The van der Waals surface area contributed by atoms with Crippen molar-refractivity contribution >= 4 is 35.3 Å². The Balaban J connectivity index is 1.41. The summed E-state index contributed by atoms with van der Waals surface area (Å²) < 4.78 is 10.8. The second-order valence-electron chi connectivity index (χ2n) is 6.88. The van der Waals surface area contributed by atoms with Crippen molar-refractivity contribution in [2.45, 2.75) is 6.92 Å². The van der Waals surface area contributed by atoms with Crippen molar-refractivity contribution in [1.82, 2.24) is 5.43 Å². The SMILES string of the molecule is CCOc1ccc(NC(=O)C(=O)N/N=C\c2ccc(OCC(=O)Nc3ccccc3)cc2)cc1. The van der Waals surface area contributed by atoms with Crippen LogP contribution in [0.25, 0.3) is 0 Å². The normalized spacial score (nSPS) is 10.4. The highest BCUT2D eigenvalue weighted by molar-refractivity contribution is 6.39. The van der Waals surface area contributed by atoms with Gasteiger partial charge in [0, 0.05) is 11.4 Å². The van der Waals surface area contributed by atoms with Crippen LogP contribution in [0.1, 0.15) is 12.5 Å². The highest BCUT2D eigenvalue weighted by Crippen LogP contribution is 2.15. The monoisotopic (exact) mass is 460 g/mol. The van der Waals surface area contributed by atoms with Crippen molar-refractivity contribution in [1.29, 1.82) is 0 Å². The molecule has 9 nitrogen and oxygen atoms in total. The Kier molecular flexibility index (Phi) is 8.75. The van der Waals surface area contributed by atoms with E-state index in [9.17, 15) is 14.4 Å². The Morgan fingerprint density at radius 3 is 2.06 bits per heavy atom. The topological polar surface area (TPSA) is 118 Å². The van der Waals surface area contributed by atoms with Gasteiger partial charge in [0.25, 0.3) is 5.91 Å². The maximum atomic E-state index is 12.0. The van der Waals surface area contributed by atoms with Crippen molar-refractivity contribution in [3.8, 4) is 11.5 Å². The standard InChI is InChI=1S/C25H24N4O5/c1-2-33-21-14-10-20(11-15-21)28-24(31)25(32)29-26-16-18-8-12-22(13-9-18)34-17-23(30)27-19-6-4-3-5-7-19/h3-16H,2,17H2,1H3,(H,27,30)(H,28,31)(H,29,32)/b26-16-. The van der Waals surface area contributed by atoms with Gasteiger partial charge in [0.2, 0.25) is 0 Å². The number of nitrogens with one attached hydrogen (secondary N) is 3. The first-order valence-electron chi connectivity index (χ1n) is 10.5. The number of nitrogens with zero attached hydrogens (tertiary/aromatic N) is 1. The Morgan fingerprint density at radius 1 is 0.765 bits per heavy atom. The van der Waals surface area contributed by atoms with Gasteiger partial charge in [0.15, 0.2) is 6.61 Å². The van der Waals surface area contributed by atoms with Gasteiger partial charge >= 0.3 is 11.8 Å². The van der Waals surface area contributed by atoms with E-state index in [-0.39, 0.29) is 12.5 Å². The fourth-order valence-corrected chi connectivity index (χ4v) is 2.72. The summed E-state index contributed by atoms with van der Waals surface area (Å²) >= 11 is 0. The zero-order valence-corrected chi connectivity index (χ0v) is 18.5. The Morgan fingerprint density at radius 2 is 1.38 bits per heavy atom. The van der Waals surface area contributed by atoms with Gasteiger partial charge in [-0.1, -0.05) is 18.2 Å². The summed E-state index contributed by atoms with van der Waals surface area (Å²) in [5.74, 6) is -0.864. The number of hydrogen-bond donors (Lipinski definition) is 3. The van der Waals surface area contributed by atoms with Crippen LogP contribution in [0.2, 0.25) is 0 Å². The van der Waals surface area contributed by atoms with Crippen LogP contribution in [0.15, 0.2) is 84.0 Å². The lowest BCUT2D eigenvalue weighted by Crippen LogP contribution is -2.32. The number of carbonyl (C=O) groups excluding carboxylic acids is 3. The summed E-state index contributed by atoms with van der Waals surface area (Å²) in [5.41, 5.74) is 3.98. The van der Waals surface area contributed by atoms with Crippen LogP contribution >= 0.6 is 0 Å². The van der Waals surface area contributed by atoms with Crippen molar-refractivity contribution in [3.63, 3.8) is 0 Å². The summed E-state index contributed by atoms with van der Waals surface area (Å²) in [7, 11) is 0. The van der Waals surface area contributed by atoms with Crippen molar-refractivity contribution in [2.24, 2.45) is 5.10 Å². The van der Waals surface area contributed by atoms with Crippen LogP contribution in [-0.4, -0.2) is 37.1 Å². The van der Waals surface area contributed by atoms with Gasteiger partial charge in [-0.2, -0.15) is 5.10 Å². The summed E-state index contributed by atoms with van der Waals surface area (Å²) in [6.45, 7) is 2.27. The van der Waals surface area contributed by atoms with Crippen LogP contribution < -0.4 is 25.5 Å². The van der Waals surface area contributed by atoms with Crippen LogP contribution in [0.3, 0.4) is 0 Å². The Labute approximate surface area is 196 Å². The number of hydrazone groups is 1. The van der Waals surface area contributed by atoms with Crippen LogP contribution in [-0.2, 0) is 14.4 Å². The van der Waals surface area contributed by atoms with Crippen molar-refractivity contribution in [3.05, 3.63) is 84.4 Å². The van der Waals surface area contributed by atoms with Gasteiger partial charge in [-0.15, -0.1) is 0 Å². The summed E-state index contributed by atoms with van der Waals surface area (Å²) in [6.07, 6.45) is 1.38. The predicted octanol–water partition coefficient (Wildman–Crippen LogP) is 3.19. The van der Waals surface area contributed by atoms with E-state index in [0.717, 1.165) is 0 Å². The molecule has 3 rings (SSSR count). The van der Waals surface area contributed by atoms with Crippen molar-refractivity contribution in [2.75, 3.05) is 23.8 Å². The van der Waals surface area contributed by atoms with Gasteiger partial charge in [-0.05, 0) is 73.2 Å². The lowest BCUT2D eigenvalue weighted by Gasteiger charge is -2.07. The quantitative estimate of drug-likeness (QED) is 0.258. The third-order valence-corrected chi connectivity index (χ3v) is 4.32. The first-order chi connectivity index (χ1) is 16.5. The van der Waals surface area contributed by atoms with Crippen molar-refractivity contribution < 1.29 is 23.9 Å². The minimum absolute atomic E-state index is 0.137. The minimum atomic E-state index is -0.908. The number of carbonyl (C=O) groups is 3. The lowest BCUT2D eigenvalue weighted by atomic mass is 10.2. The highest BCUT2D eigenvalue weighted by atomic mass is 16.5. The first kappa shape index (κ1) is 24.0. The molecule has 0 aliphatic heterocycles. The van der Waals surface area contributed by atoms with E-state index in [1.54, 1.807) is 60.7 Å². The van der Waals surface area contributed by atoms with Crippen LogP contribution in [0.4, 0.5) is 11.4 Å². The van der Waals surface area contributed by atoms with Crippen LogP contribution in [0.5, 0.6) is 11.5 Å². The highest BCUT2D eigenvalue weighted by Gasteiger charge is 2.12. The number of para-hydroxylation sites is 1. The molecule has 0 bridgehead atoms. The van der Waals surface area contributed by atoms with Gasteiger partial charge in [-0.25, -0.2) is 5.43 Å². The number of benzene rings is 3. The molecule has 0 saturated carbocycles. The molecule has 0 atom stereocenters. The number of anilines is 2.